The normalized spacial score (nSPS) is 13.5. The standard InChI is InChI=1S/C16H21N3OS/c1-11(17-3)13-4-6-15(7-5-13)19-16(20)18-12(2)14-8-9-21-10-14/h4-12,17H,1-3H3,(H2,18,19,20). The Hall–Kier alpha value is -1.85. The molecule has 0 bridgehead atoms. The number of hydrogen-bond donors (Lipinski definition) is 3. The Morgan fingerprint density at radius 1 is 1.05 bits per heavy atom. The third kappa shape index (κ3) is 4.31. The average molecular weight is 303 g/mol. The first-order valence-corrected chi connectivity index (χ1v) is 7.91. The van der Waals surface area contributed by atoms with Crippen molar-refractivity contribution in [3.8, 4) is 0 Å². The maximum absolute atomic E-state index is 12.0. The van der Waals surface area contributed by atoms with Crippen molar-refractivity contribution in [2.24, 2.45) is 0 Å². The van der Waals surface area contributed by atoms with Crippen molar-refractivity contribution in [1.29, 1.82) is 0 Å². The number of carbonyl (C=O) groups excluding carboxylic acids is 1. The second-order valence-corrected chi connectivity index (χ2v) is 5.79. The second kappa shape index (κ2) is 7.24. The second-order valence-electron chi connectivity index (χ2n) is 5.01. The van der Waals surface area contributed by atoms with Crippen LogP contribution >= 0.6 is 11.3 Å². The van der Waals surface area contributed by atoms with Crippen LogP contribution in [0.2, 0.25) is 0 Å². The number of carbonyl (C=O) groups is 1. The fourth-order valence-corrected chi connectivity index (χ4v) is 2.74. The van der Waals surface area contributed by atoms with E-state index in [1.165, 1.54) is 5.56 Å². The van der Waals surface area contributed by atoms with Gasteiger partial charge in [-0.15, -0.1) is 0 Å². The van der Waals surface area contributed by atoms with Crippen LogP contribution in [-0.4, -0.2) is 13.1 Å². The summed E-state index contributed by atoms with van der Waals surface area (Å²) >= 11 is 1.63. The quantitative estimate of drug-likeness (QED) is 0.784. The summed E-state index contributed by atoms with van der Waals surface area (Å²) in [6, 6.07) is 9.98. The Morgan fingerprint density at radius 3 is 2.33 bits per heavy atom. The molecule has 0 saturated heterocycles. The van der Waals surface area contributed by atoms with Gasteiger partial charge < -0.3 is 16.0 Å². The van der Waals surface area contributed by atoms with Gasteiger partial charge in [-0.3, -0.25) is 0 Å². The molecule has 2 atom stereocenters. The minimum atomic E-state index is -0.192. The SMILES string of the molecule is CNC(C)c1ccc(NC(=O)NC(C)c2ccsc2)cc1. The van der Waals surface area contributed by atoms with Gasteiger partial charge in [-0.25, -0.2) is 4.79 Å². The maximum atomic E-state index is 12.0. The fraction of sp³-hybridized carbons (Fsp3) is 0.312. The van der Waals surface area contributed by atoms with Crippen LogP contribution in [0.4, 0.5) is 10.5 Å². The molecule has 2 rings (SSSR count). The first kappa shape index (κ1) is 15.5. The molecule has 0 aliphatic carbocycles. The van der Waals surface area contributed by atoms with Crippen LogP contribution in [0.25, 0.3) is 0 Å². The van der Waals surface area contributed by atoms with Crippen LogP contribution in [0.3, 0.4) is 0 Å². The highest BCUT2D eigenvalue weighted by molar-refractivity contribution is 7.07. The molecule has 5 heteroatoms. The number of benzene rings is 1. The van der Waals surface area contributed by atoms with Gasteiger partial charge in [0.25, 0.3) is 0 Å². The molecule has 1 aromatic heterocycles. The molecule has 1 heterocycles. The van der Waals surface area contributed by atoms with Crippen molar-refractivity contribution in [3.05, 3.63) is 52.2 Å². The van der Waals surface area contributed by atoms with E-state index in [9.17, 15) is 4.79 Å². The molecule has 2 amide bonds. The lowest BCUT2D eigenvalue weighted by atomic mass is 10.1. The summed E-state index contributed by atoms with van der Waals surface area (Å²) in [4.78, 5) is 12.0. The van der Waals surface area contributed by atoms with Gasteiger partial charge in [0.05, 0.1) is 6.04 Å². The van der Waals surface area contributed by atoms with Gasteiger partial charge in [0.15, 0.2) is 0 Å². The molecule has 0 aliphatic rings. The summed E-state index contributed by atoms with van der Waals surface area (Å²) in [6.45, 7) is 4.07. The van der Waals surface area contributed by atoms with E-state index >= 15 is 0 Å². The number of anilines is 1. The predicted octanol–water partition coefficient (Wildman–Crippen LogP) is 3.91. The largest absolute Gasteiger partial charge is 0.331 e. The van der Waals surface area contributed by atoms with Crippen molar-refractivity contribution < 1.29 is 4.79 Å². The lowest BCUT2D eigenvalue weighted by Crippen LogP contribution is -2.30. The molecule has 112 valence electrons. The lowest BCUT2D eigenvalue weighted by Gasteiger charge is -2.14. The van der Waals surface area contributed by atoms with Gasteiger partial charge in [-0.1, -0.05) is 12.1 Å². The molecule has 1 aromatic carbocycles. The van der Waals surface area contributed by atoms with Crippen molar-refractivity contribution in [3.63, 3.8) is 0 Å². The van der Waals surface area contributed by atoms with Gasteiger partial charge >= 0.3 is 6.03 Å². The minimum Gasteiger partial charge on any atom is -0.331 e. The van der Waals surface area contributed by atoms with Gasteiger partial charge in [0.2, 0.25) is 0 Å². The first-order valence-electron chi connectivity index (χ1n) is 6.97. The average Bonchev–Trinajstić information content (AvgIpc) is 3.01. The Labute approximate surface area is 129 Å². The topological polar surface area (TPSA) is 53.2 Å². The number of urea groups is 1. The third-order valence-electron chi connectivity index (χ3n) is 3.49. The van der Waals surface area contributed by atoms with E-state index in [-0.39, 0.29) is 12.1 Å². The first-order chi connectivity index (χ1) is 10.1. The Balaban J connectivity index is 1.90. The van der Waals surface area contributed by atoms with Crippen molar-refractivity contribution in [2.75, 3.05) is 12.4 Å². The number of nitrogens with one attached hydrogen (secondary N) is 3. The van der Waals surface area contributed by atoms with Crippen LogP contribution < -0.4 is 16.0 Å². The van der Waals surface area contributed by atoms with Gasteiger partial charge in [0.1, 0.15) is 0 Å². The van der Waals surface area contributed by atoms with Gasteiger partial charge in [0, 0.05) is 11.7 Å². The summed E-state index contributed by atoms with van der Waals surface area (Å²) in [5.41, 5.74) is 3.10. The Morgan fingerprint density at radius 2 is 1.76 bits per heavy atom. The number of hydrogen-bond acceptors (Lipinski definition) is 3. The van der Waals surface area contributed by atoms with E-state index in [2.05, 4.69) is 22.9 Å². The molecule has 2 aromatic rings. The molecule has 21 heavy (non-hydrogen) atoms. The zero-order valence-electron chi connectivity index (χ0n) is 12.5. The zero-order valence-corrected chi connectivity index (χ0v) is 13.3. The highest BCUT2D eigenvalue weighted by Gasteiger charge is 2.10. The van der Waals surface area contributed by atoms with E-state index < -0.39 is 0 Å². The summed E-state index contributed by atoms with van der Waals surface area (Å²) in [7, 11) is 1.93. The van der Waals surface area contributed by atoms with E-state index in [1.54, 1.807) is 11.3 Å². The van der Waals surface area contributed by atoms with E-state index in [0.717, 1.165) is 11.3 Å². The molecule has 3 N–H and O–H groups in total. The summed E-state index contributed by atoms with van der Waals surface area (Å²) in [6.07, 6.45) is 0. The van der Waals surface area contributed by atoms with E-state index in [0.29, 0.717) is 6.04 Å². The number of thiophene rings is 1. The Kier molecular flexibility index (Phi) is 5.36. The molecule has 0 saturated carbocycles. The smallest absolute Gasteiger partial charge is 0.319 e. The van der Waals surface area contributed by atoms with Crippen LogP contribution in [0.5, 0.6) is 0 Å². The molecule has 0 spiro atoms. The van der Waals surface area contributed by atoms with Crippen molar-refractivity contribution in [2.45, 2.75) is 25.9 Å². The van der Waals surface area contributed by atoms with E-state index in [4.69, 9.17) is 0 Å². The third-order valence-corrected chi connectivity index (χ3v) is 4.19. The van der Waals surface area contributed by atoms with Crippen LogP contribution in [0.1, 0.15) is 37.1 Å². The van der Waals surface area contributed by atoms with Crippen LogP contribution in [0.15, 0.2) is 41.1 Å². The van der Waals surface area contributed by atoms with Gasteiger partial charge in [-0.2, -0.15) is 11.3 Å². The Bertz CT molecular complexity index is 566. The molecule has 0 fully saturated rings. The highest BCUT2D eigenvalue weighted by Crippen LogP contribution is 2.17. The van der Waals surface area contributed by atoms with Crippen LogP contribution in [0, 0.1) is 0 Å². The molecular formula is C16H21N3OS. The zero-order chi connectivity index (χ0) is 15.2. The highest BCUT2D eigenvalue weighted by atomic mass is 32.1. The number of rotatable bonds is 5. The molecule has 4 nitrogen and oxygen atoms in total. The predicted molar refractivity (Wildman–Crippen MR) is 88.8 cm³/mol. The van der Waals surface area contributed by atoms with E-state index in [1.807, 2.05) is 55.1 Å². The molecular weight excluding hydrogens is 282 g/mol. The minimum absolute atomic E-state index is 0.000151. The van der Waals surface area contributed by atoms with Crippen LogP contribution in [-0.2, 0) is 0 Å². The summed E-state index contributed by atoms with van der Waals surface area (Å²) in [5.74, 6) is 0. The molecule has 0 aliphatic heterocycles. The number of amides is 2. The summed E-state index contributed by atoms with van der Waals surface area (Å²) < 4.78 is 0. The molecule has 2 unspecified atom stereocenters. The lowest BCUT2D eigenvalue weighted by molar-refractivity contribution is 0.249. The van der Waals surface area contributed by atoms with Crippen molar-refractivity contribution >= 4 is 23.1 Å². The monoisotopic (exact) mass is 303 g/mol. The molecule has 0 radical (unpaired) electrons. The van der Waals surface area contributed by atoms with Gasteiger partial charge in [-0.05, 0) is 61.0 Å². The maximum Gasteiger partial charge on any atom is 0.319 e. The fourth-order valence-electron chi connectivity index (χ4n) is 1.99. The summed E-state index contributed by atoms with van der Waals surface area (Å²) in [5, 5.41) is 13.0. The van der Waals surface area contributed by atoms with Crippen molar-refractivity contribution in [1.82, 2.24) is 10.6 Å².